The molecule has 0 aromatic carbocycles. The highest BCUT2D eigenvalue weighted by atomic mass is 31.2. The number of nitrogens with zero attached hydrogens (tertiary/aromatic N) is 1. The minimum atomic E-state index is -4.39. The monoisotopic (exact) mass is 883 g/mol. The van der Waals surface area contributed by atoms with Gasteiger partial charge in [-0.3, -0.25) is 18.6 Å². The summed E-state index contributed by atoms with van der Waals surface area (Å²) in [5, 5.41) is 0. The largest absolute Gasteiger partial charge is 0.472 e. The lowest BCUT2D eigenvalue weighted by molar-refractivity contribution is -0.870. The first-order valence-electron chi connectivity index (χ1n) is 25.2. The third-order valence-electron chi connectivity index (χ3n) is 10.9. The number of phosphoric acid groups is 1. The molecule has 0 rings (SSSR count). The van der Waals surface area contributed by atoms with Crippen molar-refractivity contribution in [3.63, 3.8) is 0 Å². The molecule has 0 bridgehead atoms. The van der Waals surface area contributed by atoms with Crippen LogP contribution < -0.4 is 0 Å². The molecule has 61 heavy (non-hydrogen) atoms. The van der Waals surface area contributed by atoms with Gasteiger partial charge in [0.2, 0.25) is 0 Å². The maximum Gasteiger partial charge on any atom is 0.472 e. The third-order valence-corrected chi connectivity index (χ3v) is 11.9. The molecule has 0 aliphatic heterocycles. The van der Waals surface area contributed by atoms with E-state index in [4.69, 9.17) is 18.5 Å². The predicted molar refractivity (Wildman–Crippen MR) is 257 cm³/mol. The topological polar surface area (TPSA) is 108 Å². The van der Waals surface area contributed by atoms with Gasteiger partial charge in [-0.2, -0.15) is 0 Å². The zero-order chi connectivity index (χ0) is 45.0. The van der Waals surface area contributed by atoms with Gasteiger partial charge in [0.05, 0.1) is 27.7 Å². The summed E-state index contributed by atoms with van der Waals surface area (Å²) in [6, 6.07) is 0. The van der Waals surface area contributed by atoms with Crippen LogP contribution >= 0.6 is 7.82 Å². The van der Waals surface area contributed by atoms with Crippen molar-refractivity contribution in [3.8, 4) is 0 Å². The smallest absolute Gasteiger partial charge is 0.462 e. The summed E-state index contributed by atoms with van der Waals surface area (Å²) in [6.07, 6.45) is 50.7. The molecule has 0 amide bonds. The van der Waals surface area contributed by atoms with E-state index >= 15 is 0 Å². The first-order valence-corrected chi connectivity index (χ1v) is 26.7. The fraction of sp³-hybridized carbons (Fsp3) is 0.843. The number of unbranched alkanes of at least 4 members (excludes halogenated alkanes) is 26. The SMILES string of the molecule is CCCC/C=C/C/C=C/CCCCCCCC(=O)O[C@@H](COC(=O)CCC/C=C/CCCCCCCCCCCCCCCCCCCC)COP(=O)(O)OCC[N+](C)(C)C. The van der Waals surface area contributed by atoms with E-state index in [-0.39, 0.29) is 26.1 Å². The van der Waals surface area contributed by atoms with Crippen LogP contribution in [0, 0.1) is 0 Å². The first kappa shape index (κ1) is 59.2. The number of rotatable bonds is 46. The molecule has 0 spiro atoms. The van der Waals surface area contributed by atoms with Crippen molar-refractivity contribution < 1.29 is 42.1 Å². The number of carbonyl (C=O) groups is 2. The molecule has 9 nitrogen and oxygen atoms in total. The van der Waals surface area contributed by atoms with Gasteiger partial charge in [-0.1, -0.05) is 192 Å². The number of ether oxygens (including phenoxy) is 2. The van der Waals surface area contributed by atoms with Gasteiger partial charge < -0.3 is 18.9 Å². The van der Waals surface area contributed by atoms with Gasteiger partial charge in [0.15, 0.2) is 6.10 Å². The van der Waals surface area contributed by atoms with Crippen molar-refractivity contribution in [1.82, 2.24) is 0 Å². The Morgan fingerprint density at radius 1 is 0.508 bits per heavy atom. The molecule has 0 aromatic heterocycles. The number of phosphoric ester groups is 1. The highest BCUT2D eigenvalue weighted by Gasteiger charge is 2.27. The van der Waals surface area contributed by atoms with Gasteiger partial charge in [0, 0.05) is 12.8 Å². The van der Waals surface area contributed by atoms with E-state index in [0.29, 0.717) is 23.9 Å². The summed E-state index contributed by atoms with van der Waals surface area (Å²) in [6.45, 7) is 4.36. The zero-order valence-corrected chi connectivity index (χ0v) is 41.3. The van der Waals surface area contributed by atoms with Gasteiger partial charge in [-0.05, 0) is 57.8 Å². The fourth-order valence-corrected chi connectivity index (χ4v) is 7.66. The Morgan fingerprint density at radius 3 is 1.41 bits per heavy atom. The van der Waals surface area contributed by atoms with Gasteiger partial charge >= 0.3 is 19.8 Å². The second-order valence-corrected chi connectivity index (χ2v) is 19.6. The van der Waals surface area contributed by atoms with Crippen LogP contribution in [0.1, 0.15) is 226 Å². The van der Waals surface area contributed by atoms with Crippen molar-refractivity contribution >= 4 is 19.8 Å². The van der Waals surface area contributed by atoms with Crippen molar-refractivity contribution in [2.75, 3.05) is 47.5 Å². The average Bonchev–Trinajstić information content (AvgIpc) is 3.21. The normalized spacial score (nSPS) is 13.7. The van der Waals surface area contributed by atoms with Crippen LogP contribution in [-0.4, -0.2) is 74.9 Å². The van der Waals surface area contributed by atoms with E-state index in [1.54, 1.807) is 0 Å². The summed E-state index contributed by atoms with van der Waals surface area (Å²) >= 11 is 0. The van der Waals surface area contributed by atoms with Crippen LogP contribution in [0.4, 0.5) is 0 Å². The Morgan fingerprint density at radius 2 is 0.918 bits per heavy atom. The van der Waals surface area contributed by atoms with E-state index in [1.807, 2.05) is 21.1 Å². The van der Waals surface area contributed by atoms with Gasteiger partial charge in [-0.25, -0.2) is 4.57 Å². The lowest BCUT2D eigenvalue weighted by atomic mass is 10.0. The minimum absolute atomic E-state index is 0.0253. The number of hydrogen-bond donors (Lipinski definition) is 1. The minimum Gasteiger partial charge on any atom is -0.462 e. The summed E-state index contributed by atoms with van der Waals surface area (Å²) in [5.41, 5.74) is 0. The summed E-state index contributed by atoms with van der Waals surface area (Å²) in [4.78, 5) is 35.4. The maximum absolute atomic E-state index is 12.7. The van der Waals surface area contributed by atoms with Crippen molar-refractivity contribution in [2.24, 2.45) is 0 Å². The van der Waals surface area contributed by atoms with Crippen LogP contribution in [0.25, 0.3) is 0 Å². The summed E-state index contributed by atoms with van der Waals surface area (Å²) in [5.74, 6) is -0.846. The Balaban J connectivity index is 4.23. The lowest BCUT2D eigenvalue weighted by Crippen LogP contribution is -2.37. The Kier molecular flexibility index (Phi) is 42.2. The molecule has 0 fully saturated rings. The molecule has 10 heteroatoms. The van der Waals surface area contributed by atoms with Crippen LogP contribution in [0.2, 0.25) is 0 Å². The average molecular weight is 883 g/mol. The second-order valence-electron chi connectivity index (χ2n) is 18.2. The molecular formula is C51H97NO8P+. The van der Waals surface area contributed by atoms with Crippen molar-refractivity contribution in [2.45, 2.75) is 232 Å². The summed E-state index contributed by atoms with van der Waals surface area (Å²) in [7, 11) is 1.46. The van der Waals surface area contributed by atoms with Gasteiger partial charge in [0.25, 0.3) is 0 Å². The highest BCUT2D eigenvalue weighted by Crippen LogP contribution is 2.43. The van der Waals surface area contributed by atoms with E-state index in [2.05, 4.69) is 50.3 Å². The van der Waals surface area contributed by atoms with Crippen molar-refractivity contribution in [1.29, 1.82) is 0 Å². The van der Waals surface area contributed by atoms with Crippen molar-refractivity contribution in [3.05, 3.63) is 36.5 Å². The van der Waals surface area contributed by atoms with E-state index in [1.165, 1.54) is 128 Å². The quantitative estimate of drug-likeness (QED) is 0.0212. The van der Waals surface area contributed by atoms with E-state index < -0.39 is 32.5 Å². The molecule has 0 aromatic rings. The lowest BCUT2D eigenvalue weighted by Gasteiger charge is -2.24. The molecule has 0 saturated carbocycles. The molecule has 1 unspecified atom stereocenters. The van der Waals surface area contributed by atoms with E-state index in [0.717, 1.165) is 57.8 Å². The van der Waals surface area contributed by atoms with Crippen LogP contribution in [0.15, 0.2) is 36.5 Å². The van der Waals surface area contributed by atoms with Gasteiger partial charge in [-0.15, -0.1) is 0 Å². The number of allylic oxidation sites excluding steroid dienone is 6. The summed E-state index contributed by atoms with van der Waals surface area (Å²) < 4.78 is 34.3. The van der Waals surface area contributed by atoms with Crippen LogP contribution in [-0.2, 0) is 32.7 Å². The number of carbonyl (C=O) groups excluding carboxylic acids is 2. The molecule has 0 heterocycles. The predicted octanol–water partition coefficient (Wildman–Crippen LogP) is 14.9. The zero-order valence-electron chi connectivity index (χ0n) is 40.4. The molecule has 0 saturated heterocycles. The molecular weight excluding hydrogens is 786 g/mol. The van der Waals surface area contributed by atoms with Crippen LogP contribution in [0.3, 0.4) is 0 Å². The number of esters is 2. The number of hydrogen-bond acceptors (Lipinski definition) is 7. The molecule has 0 aliphatic carbocycles. The third kappa shape index (κ3) is 47.5. The molecule has 0 radical (unpaired) electrons. The Labute approximate surface area is 376 Å². The molecule has 2 atom stereocenters. The number of quaternary nitrogens is 1. The first-order chi connectivity index (χ1) is 29.5. The Hall–Kier alpha value is -1.77. The maximum atomic E-state index is 12.7. The second kappa shape index (κ2) is 43.5. The molecule has 0 aliphatic rings. The van der Waals surface area contributed by atoms with Crippen LogP contribution in [0.5, 0.6) is 0 Å². The fourth-order valence-electron chi connectivity index (χ4n) is 6.92. The molecule has 1 N–H and O–H groups in total. The standard InChI is InChI=1S/C51H96NO8P/c1-6-8-10-12-14-16-18-20-22-23-24-25-26-27-28-29-30-32-33-35-37-39-41-43-50(53)57-47-49(48-59-61(55,56)58-46-45-52(3,4)5)60-51(54)44-42-40-38-36-34-31-21-19-17-15-13-11-9-7-2/h13,15,19,21,35,37,49H,6-12,14,16-18,20,22-34,36,38-48H2,1-5H3/p+1/b15-13+,21-19+,37-35+/t49-/m0/s1. The van der Waals surface area contributed by atoms with E-state index in [9.17, 15) is 19.0 Å². The number of likely N-dealkylation sites (N-methyl/N-ethyl adjacent to an activating group) is 1. The highest BCUT2D eigenvalue weighted by molar-refractivity contribution is 7.47. The Bertz CT molecular complexity index is 1130. The van der Waals surface area contributed by atoms with Gasteiger partial charge in [0.1, 0.15) is 19.8 Å². The molecule has 358 valence electrons.